The van der Waals surface area contributed by atoms with Gasteiger partial charge in [0.1, 0.15) is 5.75 Å². The van der Waals surface area contributed by atoms with Crippen molar-refractivity contribution in [1.29, 1.82) is 0 Å². The normalized spacial score (nSPS) is 21.9. The number of likely N-dealkylation sites (tertiary alicyclic amines) is 1. The predicted octanol–water partition coefficient (Wildman–Crippen LogP) is 2.04. The lowest BCUT2D eigenvalue weighted by molar-refractivity contribution is -0.146. The molecule has 1 N–H and O–H groups in total. The van der Waals surface area contributed by atoms with E-state index in [1.54, 1.807) is 17.0 Å². The number of phenols is 1. The number of carbonyl (C=O) groups excluding carboxylic acids is 2. The Balaban J connectivity index is 2.14. The Morgan fingerprint density at radius 2 is 2.10 bits per heavy atom. The van der Waals surface area contributed by atoms with E-state index in [-0.39, 0.29) is 29.5 Å². The van der Waals surface area contributed by atoms with Crippen LogP contribution in [0.5, 0.6) is 5.75 Å². The van der Waals surface area contributed by atoms with Crippen molar-refractivity contribution in [2.24, 2.45) is 11.8 Å². The quantitative estimate of drug-likeness (QED) is 0.836. The second-order valence-corrected chi connectivity index (χ2v) is 5.84. The van der Waals surface area contributed by atoms with Crippen LogP contribution in [0.15, 0.2) is 22.7 Å². The maximum atomic E-state index is 12.4. The van der Waals surface area contributed by atoms with Gasteiger partial charge in [-0.3, -0.25) is 9.59 Å². The first-order chi connectivity index (χ1) is 9.43. The van der Waals surface area contributed by atoms with Gasteiger partial charge in [0.25, 0.3) is 5.91 Å². The molecular weight excluding hydrogens is 326 g/mol. The number of rotatable bonds is 2. The minimum absolute atomic E-state index is 0.0209. The molecular formula is C14H16BrNO4. The molecule has 108 valence electrons. The first-order valence-corrected chi connectivity index (χ1v) is 7.09. The number of hydrogen-bond acceptors (Lipinski definition) is 4. The van der Waals surface area contributed by atoms with Crippen LogP contribution in [0.3, 0.4) is 0 Å². The molecule has 1 saturated heterocycles. The van der Waals surface area contributed by atoms with Crippen molar-refractivity contribution in [3.63, 3.8) is 0 Å². The SMILES string of the molecule is COC(=O)C1CN(C(=O)c2ccc(Br)c(O)c2)CC1C. The van der Waals surface area contributed by atoms with E-state index in [2.05, 4.69) is 15.9 Å². The van der Waals surface area contributed by atoms with Gasteiger partial charge in [0.15, 0.2) is 0 Å². The van der Waals surface area contributed by atoms with Gasteiger partial charge in [0.2, 0.25) is 0 Å². The first kappa shape index (κ1) is 14.8. The second kappa shape index (κ2) is 5.83. The lowest BCUT2D eigenvalue weighted by atomic mass is 9.99. The van der Waals surface area contributed by atoms with Crippen LogP contribution in [-0.2, 0) is 9.53 Å². The van der Waals surface area contributed by atoms with E-state index in [4.69, 9.17) is 4.74 Å². The number of esters is 1. The van der Waals surface area contributed by atoms with Crippen molar-refractivity contribution in [2.75, 3.05) is 20.2 Å². The fourth-order valence-corrected chi connectivity index (χ4v) is 2.67. The van der Waals surface area contributed by atoms with Crippen LogP contribution >= 0.6 is 15.9 Å². The Hall–Kier alpha value is -1.56. The predicted molar refractivity (Wildman–Crippen MR) is 76.4 cm³/mol. The molecule has 1 aliphatic heterocycles. The maximum Gasteiger partial charge on any atom is 0.310 e. The maximum absolute atomic E-state index is 12.4. The molecule has 2 unspecified atom stereocenters. The lowest BCUT2D eigenvalue weighted by Crippen LogP contribution is -2.30. The molecule has 0 aromatic heterocycles. The summed E-state index contributed by atoms with van der Waals surface area (Å²) in [6.07, 6.45) is 0. The molecule has 0 bridgehead atoms. The number of ether oxygens (including phenoxy) is 1. The van der Waals surface area contributed by atoms with Crippen molar-refractivity contribution in [3.05, 3.63) is 28.2 Å². The van der Waals surface area contributed by atoms with E-state index in [0.29, 0.717) is 23.1 Å². The van der Waals surface area contributed by atoms with Crippen molar-refractivity contribution >= 4 is 27.8 Å². The zero-order chi connectivity index (χ0) is 14.9. The molecule has 1 heterocycles. The zero-order valence-electron chi connectivity index (χ0n) is 11.3. The van der Waals surface area contributed by atoms with E-state index in [1.165, 1.54) is 13.2 Å². The standard InChI is InChI=1S/C14H16BrNO4/c1-8-6-16(7-10(8)14(19)20-2)13(18)9-3-4-11(15)12(17)5-9/h3-5,8,10,17H,6-7H2,1-2H3. The third-order valence-corrected chi connectivity index (χ3v) is 4.27. The lowest BCUT2D eigenvalue weighted by Gasteiger charge is -2.16. The van der Waals surface area contributed by atoms with E-state index in [1.807, 2.05) is 6.92 Å². The topological polar surface area (TPSA) is 66.8 Å². The fraction of sp³-hybridized carbons (Fsp3) is 0.429. The second-order valence-electron chi connectivity index (χ2n) is 4.98. The Morgan fingerprint density at radius 1 is 1.40 bits per heavy atom. The molecule has 0 radical (unpaired) electrons. The molecule has 1 aromatic carbocycles. The summed E-state index contributed by atoms with van der Waals surface area (Å²) >= 11 is 3.17. The van der Waals surface area contributed by atoms with Gasteiger partial charge in [0, 0.05) is 18.7 Å². The van der Waals surface area contributed by atoms with Crippen LogP contribution in [0.25, 0.3) is 0 Å². The molecule has 0 spiro atoms. The Morgan fingerprint density at radius 3 is 2.70 bits per heavy atom. The largest absolute Gasteiger partial charge is 0.507 e. The summed E-state index contributed by atoms with van der Waals surface area (Å²) in [5.74, 6) is -0.673. The third-order valence-electron chi connectivity index (χ3n) is 3.60. The summed E-state index contributed by atoms with van der Waals surface area (Å²) in [7, 11) is 1.35. The van der Waals surface area contributed by atoms with E-state index < -0.39 is 0 Å². The van der Waals surface area contributed by atoms with Crippen LogP contribution in [-0.4, -0.2) is 42.1 Å². The molecule has 6 heteroatoms. The Bertz CT molecular complexity index is 546. The summed E-state index contributed by atoms with van der Waals surface area (Å²) in [4.78, 5) is 25.6. The number of phenolic OH excluding ortho intramolecular Hbond substituents is 1. The third kappa shape index (κ3) is 2.80. The Kier molecular flexibility index (Phi) is 4.32. The molecule has 2 atom stereocenters. The number of amides is 1. The van der Waals surface area contributed by atoms with Crippen LogP contribution in [0.2, 0.25) is 0 Å². The average Bonchev–Trinajstić information content (AvgIpc) is 2.82. The molecule has 0 saturated carbocycles. The number of hydrogen-bond donors (Lipinski definition) is 1. The average molecular weight is 342 g/mol. The van der Waals surface area contributed by atoms with Crippen molar-refractivity contribution in [2.45, 2.75) is 6.92 Å². The van der Waals surface area contributed by atoms with Crippen LogP contribution < -0.4 is 0 Å². The number of halogens is 1. The number of methoxy groups -OCH3 is 1. The number of carbonyl (C=O) groups is 2. The Labute approximate surface area is 125 Å². The molecule has 0 aliphatic carbocycles. The van der Waals surface area contributed by atoms with Crippen molar-refractivity contribution < 1.29 is 19.4 Å². The van der Waals surface area contributed by atoms with Crippen molar-refractivity contribution in [3.8, 4) is 5.75 Å². The van der Waals surface area contributed by atoms with Crippen molar-refractivity contribution in [1.82, 2.24) is 4.90 Å². The highest BCUT2D eigenvalue weighted by Crippen LogP contribution is 2.28. The molecule has 2 rings (SSSR count). The highest BCUT2D eigenvalue weighted by molar-refractivity contribution is 9.10. The summed E-state index contributed by atoms with van der Waals surface area (Å²) in [6, 6.07) is 4.69. The molecule has 5 nitrogen and oxygen atoms in total. The van der Waals surface area contributed by atoms with Gasteiger partial charge < -0.3 is 14.7 Å². The minimum Gasteiger partial charge on any atom is -0.507 e. The molecule has 1 fully saturated rings. The van der Waals surface area contributed by atoms with Gasteiger partial charge in [-0.1, -0.05) is 6.92 Å². The molecule has 1 aromatic rings. The smallest absolute Gasteiger partial charge is 0.310 e. The highest BCUT2D eigenvalue weighted by Gasteiger charge is 2.37. The monoisotopic (exact) mass is 341 g/mol. The van der Waals surface area contributed by atoms with E-state index >= 15 is 0 Å². The van der Waals surface area contributed by atoms with E-state index in [0.717, 1.165) is 0 Å². The number of nitrogens with zero attached hydrogens (tertiary/aromatic N) is 1. The molecule has 20 heavy (non-hydrogen) atoms. The van der Waals surface area contributed by atoms with E-state index in [9.17, 15) is 14.7 Å². The minimum atomic E-state index is -0.286. The summed E-state index contributed by atoms with van der Waals surface area (Å²) in [5, 5.41) is 9.63. The van der Waals surface area contributed by atoms with Crippen LogP contribution in [0.4, 0.5) is 0 Å². The zero-order valence-corrected chi connectivity index (χ0v) is 12.9. The van der Waals surface area contributed by atoms with Gasteiger partial charge in [-0.05, 0) is 40.0 Å². The fourth-order valence-electron chi connectivity index (χ4n) is 2.42. The number of benzene rings is 1. The van der Waals surface area contributed by atoms with Gasteiger partial charge >= 0.3 is 5.97 Å². The summed E-state index contributed by atoms with van der Waals surface area (Å²) < 4.78 is 5.29. The highest BCUT2D eigenvalue weighted by atomic mass is 79.9. The van der Waals surface area contributed by atoms with Gasteiger partial charge in [-0.2, -0.15) is 0 Å². The van der Waals surface area contributed by atoms with Gasteiger partial charge in [-0.25, -0.2) is 0 Å². The van der Waals surface area contributed by atoms with Crippen LogP contribution in [0.1, 0.15) is 17.3 Å². The van der Waals surface area contributed by atoms with Crippen LogP contribution in [0, 0.1) is 11.8 Å². The first-order valence-electron chi connectivity index (χ1n) is 6.29. The van der Waals surface area contributed by atoms with Gasteiger partial charge in [0.05, 0.1) is 17.5 Å². The molecule has 1 amide bonds. The molecule has 1 aliphatic rings. The summed E-state index contributed by atoms with van der Waals surface area (Å²) in [5.41, 5.74) is 0.406. The van der Waals surface area contributed by atoms with Gasteiger partial charge in [-0.15, -0.1) is 0 Å². The number of aromatic hydroxyl groups is 1. The summed E-state index contributed by atoms with van der Waals surface area (Å²) in [6.45, 7) is 2.78.